The highest BCUT2D eigenvalue weighted by Gasteiger charge is 2.08. The molecule has 6 heteroatoms. The lowest BCUT2D eigenvalue weighted by molar-refractivity contribution is -0.130. The lowest BCUT2D eigenvalue weighted by Crippen LogP contribution is -2.45. The molecule has 0 aliphatic heterocycles. The molecule has 0 spiro atoms. The van der Waals surface area contributed by atoms with Crippen LogP contribution in [0.4, 0.5) is 0 Å². The summed E-state index contributed by atoms with van der Waals surface area (Å²) in [6, 6.07) is 27.2. The molecule has 0 radical (unpaired) electrons. The zero-order chi connectivity index (χ0) is 20.8. The molecule has 2 amide bonds. The molecule has 0 aliphatic carbocycles. The zero-order valence-corrected chi connectivity index (χ0v) is 16.2. The van der Waals surface area contributed by atoms with Crippen LogP contribution in [0.15, 0.2) is 91.1 Å². The van der Waals surface area contributed by atoms with Crippen LogP contribution in [0.3, 0.4) is 0 Å². The topological polar surface area (TPSA) is 72.4 Å². The number of rotatable bonds is 6. The smallest absolute Gasteiger partial charge is 0.276 e. The third kappa shape index (κ3) is 4.67. The van der Waals surface area contributed by atoms with Gasteiger partial charge in [-0.25, -0.2) is 0 Å². The van der Waals surface area contributed by atoms with E-state index < -0.39 is 5.91 Å². The molecule has 0 saturated carbocycles. The second-order valence-corrected chi connectivity index (χ2v) is 6.78. The van der Waals surface area contributed by atoms with Gasteiger partial charge >= 0.3 is 0 Å². The largest absolute Gasteiger partial charge is 0.484 e. The van der Waals surface area contributed by atoms with E-state index in [1.54, 1.807) is 0 Å². The van der Waals surface area contributed by atoms with Crippen LogP contribution in [0.5, 0.6) is 5.75 Å². The van der Waals surface area contributed by atoms with Crippen molar-refractivity contribution >= 4 is 22.7 Å². The van der Waals surface area contributed by atoms with E-state index in [4.69, 9.17) is 4.74 Å². The first-order valence-electron chi connectivity index (χ1n) is 9.59. The number of para-hydroxylation sites is 1. The van der Waals surface area contributed by atoms with Gasteiger partial charge in [0.25, 0.3) is 11.8 Å². The minimum absolute atomic E-state index is 0.107. The molecular weight excluding hydrogens is 378 g/mol. The Bertz CT molecular complexity index is 1150. The summed E-state index contributed by atoms with van der Waals surface area (Å²) in [5, 5.41) is 1.06. The quantitative estimate of drug-likeness (QED) is 0.487. The highest BCUT2D eigenvalue weighted by atomic mass is 16.5. The molecule has 30 heavy (non-hydrogen) atoms. The zero-order valence-electron chi connectivity index (χ0n) is 16.2. The fraction of sp³-hybridized carbons (Fsp3) is 0.0833. The summed E-state index contributed by atoms with van der Waals surface area (Å²) in [7, 11) is 0. The molecule has 0 atom stereocenters. The maximum Gasteiger partial charge on any atom is 0.276 e. The van der Waals surface area contributed by atoms with Crippen molar-refractivity contribution in [3.63, 3.8) is 0 Å². The summed E-state index contributed by atoms with van der Waals surface area (Å²) in [5.74, 6) is -0.181. The van der Waals surface area contributed by atoms with Gasteiger partial charge in [-0.05, 0) is 40.8 Å². The summed E-state index contributed by atoms with van der Waals surface area (Å²) < 4.78 is 7.31. The first kappa shape index (κ1) is 19.3. The van der Waals surface area contributed by atoms with Gasteiger partial charge in [0, 0.05) is 11.7 Å². The lowest BCUT2D eigenvalue weighted by Gasteiger charge is -2.10. The fourth-order valence-electron chi connectivity index (χ4n) is 3.17. The molecule has 0 bridgehead atoms. The van der Waals surface area contributed by atoms with Gasteiger partial charge in [-0.1, -0.05) is 60.7 Å². The maximum absolute atomic E-state index is 12.1. The summed E-state index contributed by atoms with van der Waals surface area (Å²) in [6.45, 7) is -0.0903. The second kappa shape index (κ2) is 8.96. The van der Waals surface area contributed by atoms with Gasteiger partial charge in [0.15, 0.2) is 6.61 Å². The number of carbonyl (C=O) groups excluding carboxylic acids is 2. The van der Waals surface area contributed by atoms with E-state index >= 15 is 0 Å². The molecule has 1 aromatic heterocycles. The number of carbonyl (C=O) groups is 2. The van der Waals surface area contributed by atoms with Gasteiger partial charge in [0.2, 0.25) is 0 Å². The van der Waals surface area contributed by atoms with E-state index in [1.807, 2.05) is 95.7 Å². The summed E-state index contributed by atoms with van der Waals surface area (Å²) in [6.07, 6.45) is 1.84. The van der Waals surface area contributed by atoms with Crippen LogP contribution in [0.1, 0.15) is 0 Å². The summed E-state index contributed by atoms with van der Waals surface area (Å²) >= 11 is 0. The van der Waals surface area contributed by atoms with Gasteiger partial charge in [-0.2, -0.15) is 0 Å². The number of aromatic nitrogens is 1. The average molecular weight is 399 g/mol. The number of nitrogens with zero attached hydrogens (tertiary/aromatic N) is 1. The molecule has 6 nitrogen and oxygen atoms in total. The summed E-state index contributed by atoms with van der Waals surface area (Å²) in [5.41, 5.74) is 7.92. The van der Waals surface area contributed by atoms with Gasteiger partial charge in [-0.3, -0.25) is 20.4 Å². The van der Waals surface area contributed by atoms with E-state index in [9.17, 15) is 9.59 Å². The number of benzene rings is 3. The lowest BCUT2D eigenvalue weighted by atomic mass is 10.1. The van der Waals surface area contributed by atoms with Gasteiger partial charge in [0.05, 0.1) is 0 Å². The summed E-state index contributed by atoms with van der Waals surface area (Å²) in [4.78, 5) is 24.1. The molecule has 4 aromatic rings. The fourth-order valence-corrected chi connectivity index (χ4v) is 3.17. The predicted octanol–water partition coefficient (Wildman–Crippen LogP) is 3.53. The molecule has 0 aliphatic rings. The average Bonchev–Trinajstić information content (AvgIpc) is 3.20. The van der Waals surface area contributed by atoms with E-state index in [1.165, 1.54) is 0 Å². The minimum atomic E-state index is -0.437. The van der Waals surface area contributed by atoms with Crippen LogP contribution >= 0.6 is 0 Å². The Labute approximate surface area is 174 Å². The van der Waals surface area contributed by atoms with E-state index in [0.29, 0.717) is 5.75 Å². The Morgan fingerprint density at radius 3 is 2.20 bits per heavy atom. The number of hydrogen-bond acceptors (Lipinski definition) is 3. The van der Waals surface area contributed by atoms with Crippen molar-refractivity contribution in [3.05, 3.63) is 91.1 Å². The van der Waals surface area contributed by atoms with Crippen LogP contribution in [0.2, 0.25) is 0 Å². The van der Waals surface area contributed by atoms with Crippen molar-refractivity contribution in [2.24, 2.45) is 0 Å². The van der Waals surface area contributed by atoms with Crippen LogP contribution < -0.4 is 15.6 Å². The number of nitrogens with one attached hydrogen (secondary N) is 2. The number of fused-ring (bicyclic) bond motifs is 1. The normalized spacial score (nSPS) is 10.5. The van der Waals surface area contributed by atoms with Crippen LogP contribution in [-0.4, -0.2) is 23.0 Å². The molecule has 0 saturated heterocycles. The Morgan fingerprint density at radius 1 is 0.733 bits per heavy atom. The Kier molecular flexibility index (Phi) is 5.75. The first-order chi connectivity index (χ1) is 14.7. The van der Waals surface area contributed by atoms with Gasteiger partial charge < -0.3 is 9.30 Å². The number of ether oxygens (including phenoxy) is 1. The van der Waals surface area contributed by atoms with Crippen LogP contribution in [-0.2, 0) is 16.1 Å². The maximum atomic E-state index is 12.1. The highest BCUT2D eigenvalue weighted by molar-refractivity contribution is 5.85. The van der Waals surface area contributed by atoms with Gasteiger partial charge in [0.1, 0.15) is 12.3 Å². The number of hydrogen-bond donors (Lipinski definition) is 2. The van der Waals surface area contributed by atoms with E-state index in [-0.39, 0.29) is 19.1 Å². The molecule has 0 fully saturated rings. The number of amides is 2. The van der Waals surface area contributed by atoms with Crippen molar-refractivity contribution in [1.29, 1.82) is 0 Å². The monoisotopic (exact) mass is 399 g/mol. The van der Waals surface area contributed by atoms with Crippen molar-refractivity contribution in [3.8, 4) is 16.9 Å². The second-order valence-electron chi connectivity index (χ2n) is 6.78. The minimum Gasteiger partial charge on any atom is -0.484 e. The SMILES string of the molecule is O=C(COc1ccc(-c2ccccc2)cc1)NNC(=O)Cn1ccc2ccccc21. The molecule has 2 N–H and O–H groups in total. The van der Waals surface area contributed by atoms with Crippen molar-refractivity contribution in [2.45, 2.75) is 6.54 Å². The van der Waals surface area contributed by atoms with Crippen LogP contribution in [0, 0.1) is 0 Å². The number of hydrazine groups is 1. The first-order valence-corrected chi connectivity index (χ1v) is 9.59. The molecule has 150 valence electrons. The molecule has 0 unspecified atom stereocenters. The standard InChI is InChI=1S/C24H21N3O3/c28-23(16-27-15-14-20-8-4-5-9-22(20)27)25-26-24(29)17-30-21-12-10-19(11-13-21)18-6-2-1-3-7-18/h1-15H,16-17H2,(H,25,28)(H,26,29). The Morgan fingerprint density at radius 2 is 1.40 bits per heavy atom. The highest BCUT2D eigenvalue weighted by Crippen LogP contribution is 2.22. The molecule has 1 heterocycles. The van der Waals surface area contributed by atoms with E-state index in [0.717, 1.165) is 22.0 Å². The predicted molar refractivity (Wildman–Crippen MR) is 116 cm³/mol. The Balaban J connectivity index is 1.23. The third-order valence-electron chi connectivity index (χ3n) is 4.67. The molecule has 3 aromatic carbocycles. The van der Waals surface area contributed by atoms with Gasteiger partial charge in [-0.15, -0.1) is 0 Å². The third-order valence-corrected chi connectivity index (χ3v) is 4.67. The van der Waals surface area contributed by atoms with Crippen molar-refractivity contribution in [2.75, 3.05) is 6.61 Å². The van der Waals surface area contributed by atoms with Crippen molar-refractivity contribution in [1.82, 2.24) is 15.4 Å². The Hall–Kier alpha value is -4.06. The molecule has 4 rings (SSSR count). The molecular formula is C24H21N3O3. The van der Waals surface area contributed by atoms with Crippen LogP contribution in [0.25, 0.3) is 22.0 Å². The van der Waals surface area contributed by atoms with E-state index in [2.05, 4.69) is 10.9 Å². The van der Waals surface area contributed by atoms with Crippen molar-refractivity contribution < 1.29 is 14.3 Å².